The van der Waals surface area contributed by atoms with E-state index < -0.39 is 6.29 Å². The number of carbonyl (C=O) groups excluding carboxylic acids is 1. The van der Waals surface area contributed by atoms with E-state index in [1.807, 2.05) is 44.2 Å². The summed E-state index contributed by atoms with van der Waals surface area (Å²) < 4.78 is 12.3. The van der Waals surface area contributed by atoms with Gasteiger partial charge in [0.2, 0.25) is 6.29 Å². The molecule has 0 bridgehead atoms. The van der Waals surface area contributed by atoms with Crippen LogP contribution >= 0.6 is 0 Å². The summed E-state index contributed by atoms with van der Waals surface area (Å²) in [7, 11) is 4.13. The number of esters is 1. The Hall–Kier alpha value is -2.33. The van der Waals surface area contributed by atoms with Crippen LogP contribution in [0.25, 0.3) is 0 Å². The molecule has 0 saturated carbocycles. The lowest BCUT2D eigenvalue weighted by Crippen LogP contribution is -2.52. The fourth-order valence-corrected chi connectivity index (χ4v) is 4.60. The number of benzene rings is 2. The van der Waals surface area contributed by atoms with Crippen LogP contribution in [-0.4, -0.2) is 36.9 Å². The number of hydrogen-bond donors (Lipinski definition) is 0. The average molecular weight is 511 g/mol. The van der Waals surface area contributed by atoms with E-state index >= 15 is 0 Å². The van der Waals surface area contributed by atoms with E-state index in [1.165, 1.54) is 75.3 Å². The maximum atomic E-state index is 12.9. The lowest BCUT2D eigenvalue weighted by Gasteiger charge is -2.35. The Morgan fingerprint density at radius 3 is 1.89 bits per heavy atom. The molecule has 2 unspecified atom stereocenters. The topological polar surface area (TPSA) is 35.5 Å². The van der Waals surface area contributed by atoms with Crippen LogP contribution in [0.4, 0.5) is 0 Å². The third-order valence-electron chi connectivity index (χ3n) is 7.41. The minimum absolute atomic E-state index is 0.231. The number of unbranched alkanes of at least 4 members (excludes halogenated alkanes) is 9. The molecule has 2 aromatic rings. The largest absolute Gasteiger partial charge is 0.455 e. The summed E-state index contributed by atoms with van der Waals surface area (Å²) in [4.78, 5) is 12.9. The molecule has 0 radical (unpaired) electrons. The summed E-state index contributed by atoms with van der Waals surface area (Å²) in [6.07, 6.45) is 14.7. The van der Waals surface area contributed by atoms with Crippen molar-refractivity contribution < 1.29 is 18.8 Å². The van der Waals surface area contributed by atoms with Crippen molar-refractivity contribution in [3.63, 3.8) is 0 Å². The highest BCUT2D eigenvalue weighted by Gasteiger charge is 2.33. The van der Waals surface area contributed by atoms with Crippen LogP contribution in [0, 0.1) is 0 Å². The highest BCUT2D eigenvalue weighted by molar-refractivity contribution is 5.74. The van der Waals surface area contributed by atoms with Crippen molar-refractivity contribution in [1.82, 2.24) is 0 Å². The Labute approximate surface area is 227 Å². The van der Waals surface area contributed by atoms with E-state index in [0.717, 1.165) is 18.7 Å². The Morgan fingerprint density at radius 1 is 0.757 bits per heavy atom. The molecule has 0 spiro atoms. The molecule has 4 nitrogen and oxygen atoms in total. The van der Waals surface area contributed by atoms with Gasteiger partial charge in [0.05, 0.1) is 14.1 Å². The molecule has 2 atom stereocenters. The van der Waals surface area contributed by atoms with Gasteiger partial charge in [-0.2, -0.15) is 0 Å². The number of carbonyl (C=O) groups is 1. The number of likely N-dealkylation sites (N-methyl/N-ethyl adjacent to an activating group) is 1. The second-order valence-corrected chi connectivity index (χ2v) is 11.1. The van der Waals surface area contributed by atoms with Gasteiger partial charge in [-0.15, -0.1) is 0 Å². The first kappa shape index (κ1) is 30.9. The first-order valence-electron chi connectivity index (χ1n) is 14.7. The third-order valence-corrected chi connectivity index (χ3v) is 7.41. The Kier molecular flexibility index (Phi) is 14.4. The van der Waals surface area contributed by atoms with Crippen LogP contribution in [0.5, 0.6) is 5.75 Å². The zero-order chi connectivity index (χ0) is 26.9. The van der Waals surface area contributed by atoms with E-state index in [1.54, 1.807) is 0 Å². The second-order valence-electron chi connectivity index (χ2n) is 11.1. The van der Waals surface area contributed by atoms with Crippen molar-refractivity contribution >= 4 is 5.97 Å². The molecule has 0 aliphatic heterocycles. The van der Waals surface area contributed by atoms with Gasteiger partial charge in [-0.3, -0.25) is 0 Å². The van der Waals surface area contributed by atoms with E-state index in [2.05, 4.69) is 45.3 Å². The fraction of sp³-hybridized carbons (Fsp3) is 0.606. The van der Waals surface area contributed by atoms with Gasteiger partial charge in [-0.1, -0.05) is 114 Å². The van der Waals surface area contributed by atoms with Gasteiger partial charge in [0, 0.05) is 12.0 Å². The number of nitrogens with zero attached hydrogens (tertiary/aromatic N) is 1. The van der Waals surface area contributed by atoms with Crippen LogP contribution < -0.4 is 4.74 Å². The molecule has 4 heteroatoms. The van der Waals surface area contributed by atoms with E-state index in [4.69, 9.17) is 9.47 Å². The molecule has 0 heterocycles. The summed E-state index contributed by atoms with van der Waals surface area (Å²) >= 11 is 0. The Morgan fingerprint density at radius 2 is 1.32 bits per heavy atom. The van der Waals surface area contributed by atoms with E-state index in [0.29, 0.717) is 10.9 Å². The Balaban J connectivity index is 1.71. The van der Waals surface area contributed by atoms with Crippen LogP contribution in [0.1, 0.15) is 103 Å². The van der Waals surface area contributed by atoms with Crippen LogP contribution in [-0.2, 0) is 22.5 Å². The molecule has 0 aliphatic carbocycles. The molecule has 0 fully saturated rings. The SMILES string of the molecule is CCCCCCCCCCCCc1ccc(OC(CC)OC(=O)C(C)[N+](C)(C)Cc2ccccc2)cc1. The van der Waals surface area contributed by atoms with Gasteiger partial charge < -0.3 is 14.0 Å². The molecule has 0 aliphatic rings. The van der Waals surface area contributed by atoms with Crippen molar-refractivity contribution in [3.8, 4) is 5.75 Å². The van der Waals surface area contributed by atoms with Gasteiger partial charge in [0.15, 0.2) is 6.04 Å². The van der Waals surface area contributed by atoms with Gasteiger partial charge in [0.1, 0.15) is 12.3 Å². The first-order valence-corrected chi connectivity index (χ1v) is 14.7. The van der Waals surface area contributed by atoms with Gasteiger partial charge in [-0.05, 0) is 37.5 Å². The highest BCUT2D eigenvalue weighted by atomic mass is 16.7. The molecule has 2 aromatic carbocycles. The normalized spacial score (nSPS) is 13.2. The number of quaternary nitrogens is 1. The molecular formula is C33H52NO3+. The monoisotopic (exact) mass is 510 g/mol. The van der Waals surface area contributed by atoms with Crippen molar-refractivity contribution in [2.24, 2.45) is 0 Å². The van der Waals surface area contributed by atoms with E-state index in [-0.39, 0.29) is 12.0 Å². The molecular weight excluding hydrogens is 458 g/mol. The minimum Gasteiger partial charge on any atom is -0.455 e. The van der Waals surface area contributed by atoms with Crippen LogP contribution in [0.3, 0.4) is 0 Å². The van der Waals surface area contributed by atoms with Crippen molar-refractivity contribution in [2.45, 2.75) is 117 Å². The highest BCUT2D eigenvalue weighted by Crippen LogP contribution is 2.20. The quantitative estimate of drug-likeness (QED) is 0.0823. The van der Waals surface area contributed by atoms with Crippen LogP contribution in [0.15, 0.2) is 54.6 Å². The summed E-state index contributed by atoms with van der Waals surface area (Å²) in [5.41, 5.74) is 2.54. The predicted molar refractivity (Wildman–Crippen MR) is 155 cm³/mol. The third kappa shape index (κ3) is 12.2. The summed E-state index contributed by atoms with van der Waals surface area (Å²) in [6, 6.07) is 18.2. The number of aryl methyl sites for hydroxylation is 1. The number of hydrogen-bond acceptors (Lipinski definition) is 3. The van der Waals surface area contributed by atoms with Crippen molar-refractivity contribution in [3.05, 3.63) is 65.7 Å². The number of rotatable bonds is 19. The molecule has 0 saturated heterocycles. The smallest absolute Gasteiger partial charge is 0.367 e. The van der Waals surface area contributed by atoms with Gasteiger partial charge >= 0.3 is 5.97 Å². The van der Waals surface area contributed by atoms with Gasteiger partial charge in [-0.25, -0.2) is 4.79 Å². The van der Waals surface area contributed by atoms with E-state index in [9.17, 15) is 4.79 Å². The fourth-order valence-electron chi connectivity index (χ4n) is 4.60. The molecule has 2 rings (SSSR count). The lowest BCUT2D eigenvalue weighted by molar-refractivity contribution is -0.917. The van der Waals surface area contributed by atoms with Crippen molar-refractivity contribution in [2.75, 3.05) is 14.1 Å². The summed E-state index contributed by atoms with van der Waals surface area (Å²) in [5.74, 6) is 0.516. The lowest BCUT2D eigenvalue weighted by atomic mass is 10.0. The standard InChI is InChI=1S/C33H52NO3/c1-6-8-9-10-11-12-13-14-15-17-20-29-23-25-31(26-24-29)36-32(7-2)37-33(35)28(3)34(4,5)27-30-21-18-16-19-22-30/h16,18-19,21-26,28,32H,6-15,17,20,27H2,1-5H3/q+1. The number of ether oxygens (including phenoxy) is 2. The summed E-state index contributed by atoms with van der Waals surface area (Å²) in [6.45, 7) is 6.94. The molecule has 0 N–H and O–H groups in total. The predicted octanol–water partition coefficient (Wildman–Crippen LogP) is 8.47. The second kappa shape index (κ2) is 17.2. The van der Waals surface area contributed by atoms with Crippen LogP contribution in [0.2, 0.25) is 0 Å². The maximum absolute atomic E-state index is 12.9. The Bertz CT molecular complexity index is 863. The average Bonchev–Trinajstić information content (AvgIpc) is 2.90. The summed E-state index contributed by atoms with van der Waals surface area (Å²) in [5, 5.41) is 0. The zero-order valence-electron chi connectivity index (χ0n) is 24.2. The molecule has 37 heavy (non-hydrogen) atoms. The maximum Gasteiger partial charge on any atom is 0.367 e. The first-order chi connectivity index (χ1) is 17.9. The molecule has 0 amide bonds. The van der Waals surface area contributed by atoms with Gasteiger partial charge in [0.25, 0.3) is 0 Å². The molecule has 0 aromatic heterocycles. The molecule has 206 valence electrons. The minimum atomic E-state index is -0.584. The van der Waals surface area contributed by atoms with Crippen molar-refractivity contribution in [1.29, 1.82) is 0 Å². The zero-order valence-corrected chi connectivity index (χ0v) is 24.2.